The molecule has 0 aliphatic carbocycles. The fraction of sp³-hybridized carbons (Fsp3) is 0.417. The fourth-order valence-corrected chi connectivity index (χ4v) is 5.13. The molecule has 0 amide bonds. The van der Waals surface area contributed by atoms with Crippen LogP contribution >= 0.6 is 23.2 Å². The zero-order valence-corrected chi connectivity index (χ0v) is 19.1. The lowest BCUT2D eigenvalue weighted by molar-refractivity contribution is -0.144. The van der Waals surface area contributed by atoms with Crippen LogP contribution < -0.4 is 5.32 Å². The molecule has 0 bridgehead atoms. The molecule has 2 aromatic carbocycles. The number of rotatable bonds is 4. The first kappa shape index (κ1) is 22.6. The summed E-state index contributed by atoms with van der Waals surface area (Å²) in [6.45, 7) is 7.92. The van der Waals surface area contributed by atoms with Gasteiger partial charge in [-0.1, -0.05) is 68.2 Å². The molecule has 1 heterocycles. The van der Waals surface area contributed by atoms with Gasteiger partial charge in [-0.2, -0.15) is 5.26 Å². The Morgan fingerprint density at radius 1 is 1.17 bits per heavy atom. The van der Waals surface area contributed by atoms with Gasteiger partial charge in [-0.25, -0.2) is 0 Å². The zero-order valence-electron chi connectivity index (χ0n) is 17.5. The number of nitrogens with one attached hydrogen (secondary N) is 1. The van der Waals surface area contributed by atoms with Crippen LogP contribution in [0.15, 0.2) is 48.5 Å². The molecule has 6 heteroatoms. The van der Waals surface area contributed by atoms with Gasteiger partial charge in [0.1, 0.15) is 11.0 Å². The standard InChI is InChI=1S/C24H26Cl2N2O2/c1-22(2,3)13-19-24(14-27,16-8-10-17(25)11-9-16)20(23(4,28-19)21(29)30)15-6-5-7-18(26)12-15/h5-12,19-20,28H,13H2,1-4H3,(H,29,30). The van der Waals surface area contributed by atoms with Crippen LogP contribution in [0, 0.1) is 16.7 Å². The normalized spacial score (nSPS) is 28.8. The second-order valence-electron chi connectivity index (χ2n) is 9.44. The van der Waals surface area contributed by atoms with Crippen molar-refractivity contribution < 1.29 is 9.90 Å². The third kappa shape index (κ3) is 3.83. The number of hydrogen-bond acceptors (Lipinski definition) is 3. The second-order valence-corrected chi connectivity index (χ2v) is 10.3. The quantitative estimate of drug-likeness (QED) is 0.625. The maximum atomic E-state index is 12.6. The molecule has 0 radical (unpaired) electrons. The van der Waals surface area contributed by atoms with Gasteiger partial charge in [0.25, 0.3) is 0 Å². The van der Waals surface area contributed by atoms with Crippen LogP contribution in [0.25, 0.3) is 0 Å². The van der Waals surface area contributed by atoms with E-state index in [4.69, 9.17) is 23.2 Å². The minimum absolute atomic E-state index is 0.130. The summed E-state index contributed by atoms with van der Waals surface area (Å²) in [6.07, 6.45) is 0.614. The molecule has 0 aromatic heterocycles. The van der Waals surface area contributed by atoms with Gasteiger partial charge in [0.05, 0.1) is 6.07 Å². The summed E-state index contributed by atoms with van der Waals surface area (Å²) in [5.41, 5.74) is -1.17. The summed E-state index contributed by atoms with van der Waals surface area (Å²) in [5, 5.41) is 25.4. The molecule has 158 valence electrons. The summed E-state index contributed by atoms with van der Waals surface area (Å²) in [7, 11) is 0. The molecule has 4 unspecified atom stereocenters. The zero-order chi connectivity index (χ0) is 22.3. The van der Waals surface area contributed by atoms with Crippen LogP contribution in [-0.4, -0.2) is 22.7 Å². The topological polar surface area (TPSA) is 73.1 Å². The van der Waals surface area contributed by atoms with Crippen molar-refractivity contribution in [3.63, 3.8) is 0 Å². The first-order valence-electron chi connectivity index (χ1n) is 9.88. The predicted octanol–water partition coefficient (Wildman–Crippen LogP) is 5.79. The Hall–Kier alpha value is -2.06. The van der Waals surface area contributed by atoms with Crippen LogP contribution in [0.1, 0.15) is 51.2 Å². The number of carboxylic acid groups (broad SMARTS) is 1. The molecular formula is C24H26Cl2N2O2. The molecule has 3 rings (SSSR count). The summed E-state index contributed by atoms with van der Waals surface area (Å²) in [4.78, 5) is 12.6. The first-order chi connectivity index (χ1) is 13.9. The summed E-state index contributed by atoms with van der Waals surface area (Å²) in [5.74, 6) is -1.67. The van der Waals surface area contributed by atoms with E-state index in [9.17, 15) is 15.2 Å². The summed E-state index contributed by atoms with van der Waals surface area (Å²) in [6, 6.07) is 16.4. The molecule has 1 aliphatic rings. The number of halogens is 2. The van der Waals surface area contributed by atoms with E-state index in [-0.39, 0.29) is 5.41 Å². The van der Waals surface area contributed by atoms with Crippen molar-refractivity contribution in [2.45, 2.75) is 57.0 Å². The lowest BCUT2D eigenvalue weighted by Crippen LogP contribution is -2.50. The van der Waals surface area contributed by atoms with Crippen LogP contribution in [0.5, 0.6) is 0 Å². The number of carboxylic acids is 1. The fourth-order valence-electron chi connectivity index (χ4n) is 4.81. The smallest absolute Gasteiger partial charge is 0.324 e. The van der Waals surface area contributed by atoms with Crippen molar-refractivity contribution >= 4 is 29.2 Å². The van der Waals surface area contributed by atoms with E-state index in [1.54, 1.807) is 37.3 Å². The van der Waals surface area contributed by atoms with Crippen LogP contribution in [0.2, 0.25) is 10.0 Å². The molecular weight excluding hydrogens is 419 g/mol. The minimum atomic E-state index is -1.37. The van der Waals surface area contributed by atoms with E-state index >= 15 is 0 Å². The van der Waals surface area contributed by atoms with Crippen molar-refractivity contribution in [1.82, 2.24) is 5.32 Å². The number of carbonyl (C=O) groups is 1. The molecule has 2 aromatic rings. The Kier molecular flexibility index (Phi) is 5.95. The Balaban J connectivity index is 2.35. The van der Waals surface area contributed by atoms with Gasteiger partial charge < -0.3 is 5.11 Å². The maximum absolute atomic E-state index is 12.6. The van der Waals surface area contributed by atoms with Crippen molar-refractivity contribution in [2.24, 2.45) is 5.41 Å². The third-order valence-electron chi connectivity index (χ3n) is 6.01. The molecule has 1 saturated heterocycles. The SMILES string of the molecule is CC(C)(C)CC1NC(C)(C(=O)O)C(c2cccc(Cl)c2)C1(C#N)c1ccc(Cl)cc1. The molecule has 4 atom stereocenters. The minimum Gasteiger partial charge on any atom is -0.480 e. The van der Waals surface area contributed by atoms with Gasteiger partial charge in [0, 0.05) is 22.0 Å². The van der Waals surface area contributed by atoms with Crippen molar-refractivity contribution in [3.05, 3.63) is 69.7 Å². The molecule has 4 nitrogen and oxygen atoms in total. The lowest BCUT2D eigenvalue weighted by Gasteiger charge is -2.38. The molecule has 1 fully saturated rings. The monoisotopic (exact) mass is 444 g/mol. The largest absolute Gasteiger partial charge is 0.480 e. The Morgan fingerprint density at radius 2 is 1.80 bits per heavy atom. The number of benzene rings is 2. The molecule has 0 saturated carbocycles. The summed E-state index contributed by atoms with van der Waals surface area (Å²) >= 11 is 12.4. The molecule has 2 N–H and O–H groups in total. The van der Waals surface area contributed by atoms with Gasteiger partial charge in [0.15, 0.2) is 0 Å². The van der Waals surface area contributed by atoms with Crippen LogP contribution in [0.4, 0.5) is 0 Å². The van der Waals surface area contributed by atoms with Gasteiger partial charge in [0.2, 0.25) is 0 Å². The number of hydrogen-bond donors (Lipinski definition) is 2. The highest BCUT2D eigenvalue weighted by molar-refractivity contribution is 6.30. The average Bonchev–Trinajstić information content (AvgIpc) is 2.90. The van der Waals surface area contributed by atoms with E-state index < -0.39 is 28.9 Å². The lowest BCUT2D eigenvalue weighted by atomic mass is 9.60. The van der Waals surface area contributed by atoms with Gasteiger partial charge in [-0.15, -0.1) is 0 Å². The highest BCUT2D eigenvalue weighted by atomic mass is 35.5. The van der Waals surface area contributed by atoms with Gasteiger partial charge in [-0.3, -0.25) is 10.1 Å². The van der Waals surface area contributed by atoms with Gasteiger partial charge >= 0.3 is 5.97 Å². The number of nitriles is 1. The predicted molar refractivity (Wildman–Crippen MR) is 120 cm³/mol. The maximum Gasteiger partial charge on any atom is 0.324 e. The molecule has 30 heavy (non-hydrogen) atoms. The Labute approximate surface area is 187 Å². The van der Waals surface area contributed by atoms with Crippen LogP contribution in [-0.2, 0) is 10.2 Å². The number of nitrogens with zero attached hydrogens (tertiary/aromatic N) is 1. The van der Waals surface area contributed by atoms with Crippen molar-refractivity contribution in [2.75, 3.05) is 0 Å². The van der Waals surface area contributed by atoms with E-state index in [1.165, 1.54) is 0 Å². The third-order valence-corrected chi connectivity index (χ3v) is 6.49. The van der Waals surface area contributed by atoms with E-state index in [2.05, 4.69) is 32.2 Å². The van der Waals surface area contributed by atoms with Crippen molar-refractivity contribution in [3.8, 4) is 6.07 Å². The Bertz CT molecular complexity index is 994. The molecule has 0 spiro atoms. The van der Waals surface area contributed by atoms with Gasteiger partial charge in [-0.05, 0) is 54.2 Å². The first-order valence-corrected chi connectivity index (χ1v) is 10.6. The van der Waals surface area contributed by atoms with Crippen LogP contribution in [0.3, 0.4) is 0 Å². The second kappa shape index (κ2) is 7.89. The summed E-state index contributed by atoms with van der Waals surface area (Å²) < 4.78 is 0. The average molecular weight is 445 g/mol. The van der Waals surface area contributed by atoms with E-state index in [0.717, 1.165) is 5.56 Å². The van der Waals surface area contributed by atoms with E-state index in [0.29, 0.717) is 22.0 Å². The number of aliphatic carboxylic acids is 1. The highest BCUT2D eigenvalue weighted by Gasteiger charge is 2.65. The van der Waals surface area contributed by atoms with E-state index in [1.807, 2.05) is 18.2 Å². The molecule has 1 aliphatic heterocycles. The van der Waals surface area contributed by atoms with Crippen molar-refractivity contribution in [1.29, 1.82) is 5.26 Å². The highest BCUT2D eigenvalue weighted by Crippen LogP contribution is 2.55. The Morgan fingerprint density at radius 3 is 2.30 bits per heavy atom.